The number of thiazole rings is 1. The molecule has 19 heavy (non-hydrogen) atoms. The Balaban J connectivity index is 2.80. The zero-order valence-corrected chi connectivity index (χ0v) is 9.58. The average Bonchev–Trinajstić information content (AvgIpc) is 2.69. The highest BCUT2D eigenvalue weighted by Crippen LogP contribution is 2.38. The van der Waals surface area contributed by atoms with Gasteiger partial charge in [0.15, 0.2) is 0 Å². The lowest BCUT2D eigenvalue weighted by molar-refractivity contribution is -0.383. The fraction of sp³-hybridized carbons (Fsp3) is 0.111. The summed E-state index contributed by atoms with van der Waals surface area (Å²) in [5.74, 6) is -1.45. The van der Waals surface area contributed by atoms with Crippen molar-refractivity contribution in [2.45, 2.75) is 6.18 Å². The van der Waals surface area contributed by atoms with Gasteiger partial charge in [0.05, 0.1) is 16.0 Å². The van der Waals surface area contributed by atoms with Crippen LogP contribution in [0.4, 0.5) is 18.9 Å². The van der Waals surface area contributed by atoms with Crippen LogP contribution in [0, 0.1) is 10.1 Å². The minimum Gasteiger partial charge on any atom is -0.476 e. The molecular weight excluding hydrogens is 289 g/mol. The summed E-state index contributed by atoms with van der Waals surface area (Å²) in [5.41, 5.74) is -2.41. The topological polar surface area (TPSA) is 93.3 Å². The summed E-state index contributed by atoms with van der Waals surface area (Å²) >= 11 is 0.460. The van der Waals surface area contributed by atoms with Crippen molar-refractivity contribution in [1.29, 1.82) is 0 Å². The first-order chi connectivity index (χ1) is 8.70. The highest BCUT2D eigenvalue weighted by Gasteiger charge is 2.34. The molecule has 0 fully saturated rings. The number of non-ortho nitro benzene ring substituents is 1. The van der Waals surface area contributed by atoms with Crippen molar-refractivity contribution < 1.29 is 28.0 Å². The van der Waals surface area contributed by atoms with Crippen molar-refractivity contribution in [3.05, 3.63) is 32.8 Å². The number of carbonyl (C=O) groups is 1. The molecule has 0 unspecified atom stereocenters. The van der Waals surface area contributed by atoms with Gasteiger partial charge in [-0.3, -0.25) is 10.1 Å². The van der Waals surface area contributed by atoms with E-state index in [9.17, 15) is 28.1 Å². The molecule has 0 radical (unpaired) electrons. The quantitative estimate of drug-likeness (QED) is 0.678. The normalized spacial score (nSPS) is 11.7. The number of nitrogens with zero attached hydrogens (tertiary/aromatic N) is 2. The lowest BCUT2D eigenvalue weighted by Gasteiger charge is -2.05. The summed E-state index contributed by atoms with van der Waals surface area (Å²) in [6.07, 6.45) is -4.77. The van der Waals surface area contributed by atoms with E-state index in [2.05, 4.69) is 4.98 Å². The van der Waals surface area contributed by atoms with Gasteiger partial charge in [-0.2, -0.15) is 13.2 Å². The van der Waals surface area contributed by atoms with Crippen LogP contribution < -0.4 is 0 Å². The zero-order valence-electron chi connectivity index (χ0n) is 8.76. The summed E-state index contributed by atoms with van der Waals surface area (Å²) in [6, 6.07) is 0.956. The SMILES string of the molecule is O=C(O)c1nc2cc(C(F)(F)F)cc([N+](=O)[O-])c2s1. The van der Waals surface area contributed by atoms with Gasteiger partial charge in [0.1, 0.15) is 4.70 Å². The highest BCUT2D eigenvalue weighted by atomic mass is 32.1. The number of carboxylic acid groups (broad SMARTS) is 1. The Labute approximate surface area is 106 Å². The molecule has 0 atom stereocenters. The molecular formula is C9H3F3N2O4S. The molecule has 1 N–H and O–H groups in total. The maximum Gasteiger partial charge on any atom is 0.416 e. The van der Waals surface area contributed by atoms with Crippen molar-refractivity contribution in [3.63, 3.8) is 0 Å². The number of alkyl halides is 3. The van der Waals surface area contributed by atoms with Crippen LogP contribution in [-0.4, -0.2) is 21.0 Å². The number of fused-ring (bicyclic) bond motifs is 1. The monoisotopic (exact) mass is 292 g/mol. The van der Waals surface area contributed by atoms with E-state index in [4.69, 9.17) is 5.11 Å². The zero-order chi connectivity index (χ0) is 14.4. The summed E-state index contributed by atoms with van der Waals surface area (Å²) < 4.78 is 37.5. The molecule has 0 aliphatic rings. The molecule has 10 heteroatoms. The summed E-state index contributed by atoms with van der Waals surface area (Å²) in [5, 5.41) is 18.9. The molecule has 0 bridgehead atoms. The van der Waals surface area contributed by atoms with Crippen LogP contribution in [-0.2, 0) is 6.18 Å². The highest BCUT2D eigenvalue weighted by molar-refractivity contribution is 7.20. The van der Waals surface area contributed by atoms with Crippen LogP contribution in [0.3, 0.4) is 0 Å². The summed E-state index contributed by atoms with van der Waals surface area (Å²) in [4.78, 5) is 23.9. The molecule has 1 aromatic carbocycles. The molecule has 2 aromatic rings. The number of halogens is 3. The van der Waals surface area contributed by atoms with Crippen LogP contribution >= 0.6 is 11.3 Å². The van der Waals surface area contributed by atoms with Crippen LogP contribution in [0.2, 0.25) is 0 Å². The Morgan fingerprint density at radius 2 is 2.05 bits per heavy atom. The van der Waals surface area contributed by atoms with Crippen LogP contribution in [0.15, 0.2) is 12.1 Å². The Bertz CT molecular complexity index is 695. The van der Waals surface area contributed by atoms with Gasteiger partial charge in [-0.05, 0) is 6.07 Å². The minimum absolute atomic E-state index is 0.199. The lowest BCUT2D eigenvalue weighted by Crippen LogP contribution is -2.05. The third kappa shape index (κ3) is 2.34. The van der Waals surface area contributed by atoms with Crippen LogP contribution in [0.25, 0.3) is 10.2 Å². The molecule has 0 saturated heterocycles. The predicted octanol–water partition coefficient (Wildman–Crippen LogP) is 2.92. The van der Waals surface area contributed by atoms with E-state index in [1.54, 1.807) is 0 Å². The van der Waals surface area contributed by atoms with Gasteiger partial charge in [-0.25, -0.2) is 9.78 Å². The molecule has 0 aliphatic carbocycles. The minimum atomic E-state index is -4.77. The Morgan fingerprint density at radius 1 is 1.42 bits per heavy atom. The van der Waals surface area contributed by atoms with E-state index in [0.717, 1.165) is 0 Å². The second kappa shape index (κ2) is 4.16. The van der Waals surface area contributed by atoms with Crippen molar-refractivity contribution >= 4 is 33.2 Å². The molecule has 1 heterocycles. The maximum absolute atomic E-state index is 12.6. The number of carboxylic acids is 1. The fourth-order valence-corrected chi connectivity index (χ4v) is 2.28. The van der Waals surface area contributed by atoms with Crippen molar-refractivity contribution in [1.82, 2.24) is 4.98 Å². The average molecular weight is 292 g/mol. The van der Waals surface area contributed by atoms with Gasteiger partial charge in [0.25, 0.3) is 5.69 Å². The van der Waals surface area contributed by atoms with Crippen molar-refractivity contribution in [3.8, 4) is 0 Å². The Kier molecular flexibility index (Phi) is 2.89. The molecule has 0 amide bonds. The van der Waals surface area contributed by atoms with Crippen molar-refractivity contribution in [2.24, 2.45) is 0 Å². The smallest absolute Gasteiger partial charge is 0.416 e. The van der Waals surface area contributed by atoms with E-state index in [0.29, 0.717) is 23.5 Å². The number of benzene rings is 1. The first kappa shape index (κ1) is 13.2. The van der Waals surface area contributed by atoms with Crippen LogP contribution in [0.5, 0.6) is 0 Å². The van der Waals surface area contributed by atoms with Gasteiger partial charge in [-0.15, -0.1) is 0 Å². The van der Waals surface area contributed by atoms with E-state index in [-0.39, 0.29) is 10.2 Å². The van der Waals surface area contributed by atoms with E-state index >= 15 is 0 Å². The molecule has 0 aliphatic heterocycles. The molecule has 2 rings (SSSR count). The maximum atomic E-state index is 12.6. The number of nitro groups is 1. The number of nitro benzene ring substituents is 1. The molecule has 6 nitrogen and oxygen atoms in total. The van der Waals surface area contributed by atoms with Crippen molar-refractivity contribution in [2.75, 3.05) is 0 Å². The first-order valence-electron chi connectivity index (χ1n) is 4.59. The van der Waals surface area contributed by atoms with Crippen LogP contribution in [0.1, 0.15) is 15.4 Å². The van der Waals surface area contributed by atoms with Gasteiger partial charge >= 0.3 is 12.1 Å². The molecule has 100 valence electrons. The number of aromatic carboxylic acids is 1. The molecule has 0 saturated carbocycles. The molecule has 0 spiro atoms. The van der Waals surface area contributed by atoms with Gasteiger partial charge in [0.2, 0.25) is 5.01 Å². The number of aromatic nitrogens is 1. The van der Waals surface area contributed by atoms with E-state index < -0.39 is 33.3 Å². The number of rotatable bonds is 2. The molecule has 1 aromatic heterocycles. The number of hydrogen-bond acceptors (Lipinski definition) is 5. The Morgan fingerprint density at radius 3 is 2.53 bits per heavy atom. The van der Waals surface area contributed by atoms with Gasteiger partial charge in [-0.1, -0.05) is 11.3 Å². The summed E-state index contributed by atoms with van der Waals surface area (Å²) in [6.45, 7) is 0. The third-order valence-electron chi connectivity index (χ3n) is 2.18. The third-order valence-corrected chi connectivity index (χ3v) is 3.26. The van der Waals surface area contributed by atoms with Gasteiger partial charge < -0.3 is 5.11 Å². The predicted molar refractivity (Wildman–Crippen MR) is 58.2 cm³/mol. The second-order valence-corrected chi connectivity index (χ2v) is 4.42. The standard InChI is InChI=1S/C9H3F3N2O4S/c10-9(11,12)3-1-4-6(5(2-3)14(17)18)19-7(13-4)8(15)16/h1-2H,(H,15,16). The lowest BCUT2D eigenvalue weighted by atomic mass is 10.2. The second-order valence-electron chi connectivity index (χ2n) is 3.42. The number of hydrogen-bond donors (Lipinski definition) is 1. The summed E-state index contributed by atoms with van der Waals surface area (Å²) in [7, 11) is 0. The van der Waals surface area contributed by atoms with E-state index in [1.165, 1.54) is 0 Å². The Hall–Kier alpha value is -2.23. The van der Waals surface area contributed by atoms with Gasteiger partial charge in [0, 0.05) is 6.07 Å². The van der Waals surface area contributed by atoms with E-state index in [1.807, 2.05) is 0 Å². The largest absolute Gasteiger partial charge is 0.476 e. The first-order valence-corrected chi connectivity index (χ1v) is 5.41. The fourth-order valence-electron chi connectivity index (χ4n) is 1.41.